The maximum Gasteiger partial charge on any atom is 0.416 e. The van der Waals surface area contributed by atoms with Gasteiger partial charge in [0.2, 0.25) is 10.0 Å². The number of ether oxygens (including phenoxy) is 1. The van der Waals surface area contributed by atoms with Crippen molar-refractivity contribution in [1.82, 2.24) is 4.31 Å². The molecule has 0 aliphatic carbocycles. The molecule has 2 aromatic rings. The average molecular weight is 454 g/mol. The monoisotopic (exact) mass is 454 g/mol. The quantitative estimate of drug-likeness (QED) is 0.693. The number of carbonyl (C=O) groups is 1. The SMILES string of the molecule is Cc1cccc2c1N(C1CCN(S(=O)(=O)c3cccc(C(F)(F)F)c3)CC1)C(=O)OC2. The van der Waals surface area contributed by atoms with Crippen LogP contribution in [0.2, 0.25) is 0 Å². The second-order valence-electron chi connectivity index (χ2n) is 7.67. The van der Waals surface area contributed by atoms with Gasteiger partial charge >= 0.3 is 12.3 Å². The summed E-state index contributed by atoms with van der Waals surface area (Å²) in [6.45, 7) is 2.27. The van der Waals surface area contributed by atoms with Gasteiger partial charge in [0.15, 0.2) is 0 Å². The fourth-order valence-electron chi connectivity index (χ4n) is 4.14. The smallest absolute Gasteiger partial charge is 0.416 e. The molecule has 0 bridgehead atoms. The number of halogens is 3. The van der Waals surface area contributed by atoms with Gasteiger partial charge in [-0.1, -0.05) is 24.3 Å². The van der Waals surface area contributed by atoms with Gasteiger partial charge in [-0.25, -0.2) is 13.2 Å². The zero-order chi connectivity index (χ0) is 22.4. The average Bonchev–Trinajstić information content (AvgIpc) is 2.74. The minimum absolute atomic E-state index is 0.0915. The van der Waals surface area contributed by atoms with Crippen molar-refractivity contribution in [2.75, 3.05) is 18.0 Å². The van der Waals surface area contributed by atoms with Gasteiger partial charge in [-0.3, -0.25) is 4.90 Å². The predicted octanol–water partition coefficient (Wildman–Crippen LogP) is 4.32. The summed E-state index contributed by atoms with van der Waals surface area (Å²) < 4.78 is 71.3. The van der Waals surface area contributed by atoms with Crippen molar-refractivity contribution in [3.8, 4) is 0 Å². The van der Waals surface area contributed by atoms with Gasteiger partial charge < -0.3 is 4.74 Å². The molecular weight excluding hydrogens is 433 g/mol. The van der Waals surface area contributed by atoms with Crippen molar-refractivity contribution in [3.05, 3.63) is 59.2 Å². The normalized spacial score (nSPS) is 18.6. The van der Waals surface area contributed by atoms with E-state index >= 15 is 0 Å². The van der Waals surface area contributed by atoms with Crippen molar-refractivity contribution < 1.29 is 31.1 Å². The molecule has 0 spiro atoms. The lowest BCUT2D eigenvalue weighted by Crippen LogP contribution is -2.50. The summed E-state index contributed by atoms with van der Waals surface area (Å²) in [6, 6.07) is 9.16. The van der Waals surface area contributed by atoms with Gasteiger partial charge in [0.25, 0.3) is 0 Å². The van der Waals surface area contributed by atoms with Gasteiger partial charge in [0.05, 0.1) is 16.1 Å². The highest BCUT2D eigenvalue weighted by Crippen LogP contribution is 2.36. The molecule has 31 heavy (non-hydrogen) atoms. The van der Waals surface area contributed by atoms with Crippen molar-refractivity contribution in [2.24, 2.45) is 0 Å². The number of benzene rings is 2. The zero-order valence-corrected chi connectivity index (χ0v) is 17.5. The summed E-state index contributed by atoms with van der Waals surface area (Å²) in [5.74, 6) is 0. The summed E-state index contributed by atoms with van der Waals surface area (Å²) in [6.07, 6.45) is -4.40. The Kier molecular flexibility index (Phi) is 5.47. The number of rotatable bonds is 3. The van der Waals surface area contributed by atoms with E-state index in [9.17, 15) is 26.4 Å². The second kappa shape index (κ2) is 7.83. The largest absolute Gasteiger partial charge is 0.444 e. The van der Waals surface area contributed by atoms with Crippen LogP contribution in [0.1, 0.15) is 29.5 Å². The minimum Gasteiger partial charge on any atom is -0.444 e. The van der Waals surface area contributed by atoms with Crippen LogP contribution in [0.15, 0.2) is 47.4 Å². The molecule has 0 saturated carbocycles. The third kappa shape index (κ3) is 4.01. The lowest BCUT2D eigenvalue weighted by molar-refractivity contribution is -0.137. The molecule has 0 radical (unpaired) electrons. The summed E-state index contributed by atoms with van der Waals surface area (Å²) in [5, 5.41) is 0. The minimum atomic E-state index is -4.63. The van der Waals surface area contributed by atoms with Crippen molar-refractivity contribution in [2.45, 2.75) is 43.5 Å². The number of carbonyl (C=O) groups excluding carboxylic acids is 1. The summed E-state index contributed by atoms with van der Waals surface area (Å²) in [7, 11) is -4.08. The van der Waals surface area contributed by atoms with E-state index in [1.54, 1.807) is 4.90 Å². The molecule has 6 nitrogen and oxygen atoms in total. The van der Waals surface area contributed by atoms with Crippen LogP contribution in [0.25, 0.3) is 0 Å². The Morgan fingerprint density at radius 3 is 2.42 bits per heavy atom. The molecule has 2 aliphatic rings. The fraction of sp³-hybridized carbons (Fsp3) is 0.381. The zero-order valence-electron chi connectivity index (χ0n) is 16.7. The number of amides is 1. The number of sulfonamides is 1. The number of fused-ring (bicyclic) bond motifs is 1. The van der Waals surface area contributed by atoms with E-state index in [0.717, 1.165) is 35.0 Å². The highest BCUT2D eigenvalue weighted by atomic mass is 32.2. The van der Waals surface area contributed by atoms with Crippen molar-refractivity contribution >= 4 is 21.8 Å². The number of hydrogen-bond acceptors (Lipinski definition) is 4. The number of para-hydroxylation sites is 1. The molecule has 0 N–H and O–H groups in total. The predicted molar refractivity (Wildman–Crippen MR) is 107 cm³/mol. The number of anilines is 1. The Morgan fingerprint density at radius 2 is 1.74 bits per heavy atom. The number of aryl methyl sites for hydroxylation is 1. The van der Waals surface area contributed by atoms with E-state index in [1.807, 2.05) is 25.1 Å². The summed E-state index contributed by atoms with van der Waals surface area (Å²) >= 11 is 0. The topological polar surface area (TPSA) is 66.9 Å². The standard InChI is InChI=1S/C21H21F3N2O4S/c1-14-4-2-5-15-13-30-20(27)26(19(14)15)17-8-10-25(11-9-17)31(28,29)18-7-3-6-16(12-18)21(22,23)24/h2-7,12,17H,8-11,13H2,1H3. The molecule has 1 amide bonds. The van der Waals surface area contributed by atoms with Crippen LogP contribution >= 0.6 is 0 Å². The summed E-state index contributed by atoms with van der Waals surface area (Å²) in [5.41, 5.74) is 1.59. The molecule has 10 heteroatoms. The first-order valence-corrected chi connectivity index (χ1v) is 11.2. The molecule has 2 aliphatic heterocycles. The number of alkyl halides is 3. The van der Waals surface area contributed by atoms with E-state index in [2.05, 4.69) is 0 Å². The first-order valence-electron chi connectivity index (χ1n) is 9.81. The molecule has 0 unspecified atom stereocenters. The Morgan fingerprint density at radius 1 is 1.06 bits per heavy atom. The van der Waals surface area contributed by atoms with Crippen LogP contribution < -0.4 is 4.90 Å². The maximum atomic E-state index is 13.0. The lowest BCUT2D eigenvalue weighted by atomic mass is 10.00. The molecule has 2 heterocycles. The van der Waals surface area contributed by atoms with E-state index in [4.69, 9.17) is 4.74 Å². The lowest BCUT2D eigenvalue weighted by Gasteiger charge is -2.40. The number of hydrogen-bond donors (Lipinski definition) is 0. The third-order valence-electron chi connectivity index (χ3n) is 5.70. The van der Waals surface area contributed by atoms with Crippen LogP contribution in [0.5, 0.6) is 0 Å². The highest BCUT2D eigenvalue weighted by molar-refractivity contribution is 7.89. The van der Waals surface area contributed by atoms with Crippen molar-refractivity contribution in [3.63, 3.8) is 0 Å². The van der Waals surface area contributed by atoms with E-state index in [1.165, 1.54) is 4.31 Å². The number of nitrogens with zero attached hydrogens (tertiary/aromatic N) is 2. The van der Waals surface area contributed by atoms with Gasteiger partial charge in [-0.05, 0) is 43.5 Å². The van der Waals surface area contributed by atoms with Crippen molar-refractivity contribution in [1.29, 1.82) is 0 Å². The Labute approximate surface area is 178 Å². The molecule has 1 fully saturated rings. The van der Waals surface area contributed by atoms with E-state index in [0.29, 0.717) is 18.9 Å². The maximum absolute atomic E-state index is 13.0. The molecule has 166 valence electrons. The van der Waals surface area contributed by atoms with Crippen LogP contribution in [0.3, 0.4) is 0 Å². The van der Waals surface area contributed by atoms with Crippen LogP contribution in [0, 0.1) is 6.92 Å². The number of cyclic esters (lactones) is 1. The fourth-order valence-corrected chi connectivity index (χ4v) is 5.65. The molecule has 1 saturated heterocycles. The molecule has 0 aromatic heterocycles. The second-order valence-corrected chi connectivity index (χ2v) is 9.61. The van der Waals surface area contributed by atoms with Gasteiger partial charge in [0.1, 0.15) is 6.61 Å². The Hall–Kier alpha value is -2.59. The molecular formula is C21H21F3N2O4S. The Bertz CT molecular complexity index is 1110. The molecule has 2 aromatic carbocycles. The molecule has 4 rings (SSSR count). The van der Waals surface area contributed by atoms with Crippen LogP contribution in [0.4, 0.5) is 23.7 Å². The molecule has 0 atom stereocenters. The van der Waals surface area contributed by atoms with Crippen LogP contribution in [-0.4, -0.2) is 37.9 Å². The van der Waals surface area contributed by atoms with E-state index in [-0.39, 0.29) is 30.6 Å². The summed E-state index contributed by atoms with van der Waals surface area (Å²) in [4.78, 5) is 13.7. The number of piperidine rings is 1. The van der Waals surface area contributed by atoms with Gasteiger partial charge in [-0.2, -0.15) is 17.5 Å². The van der Waals surface area contributed by atoms with E-state index < -0.39 is 27.9 Å². The third-order valence-corrected chi connectivity index (χ3v) is 7.59. The highest BCUT2D eigenvalue weighted by Gasteiger charge is 2.38. The van der Waals surface area contributed by atoms with Gasteiger partial charge in [0, 0.05) is 24.7 Å². The van der Waals surface area contributed by atoms with Crippen LogP contribution in [-0.2, 0) is 27.5 Å². The first kappa shape index (κ1) is 21.6. The Balaban J connectivity index is 1.54. The first-order chi connectivity index (χ1) is 14.6. The van der Waals surface area contributed by atoms with Gasteiger partial charge in [-0.15, -0.1) is 0 Å².